The molecule has 0 spiro atoms. The van der Waals surface area contributed by atoms with Gasteiger partial charge in [0.05, 0.1) is 36.5 Å². The first-order chi connectivity index (χ1) is 12.6. The zero-order chi connectivity index (χ0) is 17.5. The summed E-state index contributed by atoms with van der Waals surface area (Å²) in [6.45, 7) is 0. The average Bonchev–Trinajstić information content (AvgIpc) is 3.22. The van der Waals surface area contributed by atoms with E-state index in [9.17, 15) is 10.2 Å². The van der Waals surface area contributed by atoms with Gasteiger partial charge in [-0.15, -0.1) is 0 Å². The summed E-state index contributed by atoms with van der Waals surface area (Å²) in [5.74, 6) is 1.54. The molecule has 136 valence electrons. The molecule has 4 fully saturated rings. The van der Waals surface area contributed by atoms with E-state index >= 15 is 0 Å². The molecule has 26 heavy (non-hydrogen) atoms. The van der Waals surface area contributed by atoms with Crippen molar-refractivity contribution >= 4 is 0 Å². The Balaban J connectivity index is 1.33. The summed E-state index contributed by atoms with van der Waals surface area (Å²) in [7, 11) is 0. The maximum atomic E-state index is 11.4. The molecule has 7 rings (SSSR count). The molecule has 0 amide bonds. The molecule has 2 heterocycles. The van der Waals surface area contributed by atoms with Crippen LogP contribution in [0.2, 0.25) is 0 Å². The zero-order valence-corrected chi connectivity index (χ0v) is 15.0. The second-order valence-corrected chi connectivity index (χ2v) is 9.36. The van der Waals surface area contributed by atoms with Gasteiger partial charge in [0, 0.05) is 5.56 Å². The number of fused-ring (bicyclic) bond motifs is 3. The van der Waals surface area contributed by atoms with Gasteiger partial charge in [0.15, 0.2) is 0 Å². The summed E-state index contributed by atoms with van der Waals surface area (Å²) in [6.07, 6.45) is 9.67. The molecule has 5 aliphatic rings. The number of hydrogen-bond donors (Lipinski definition) is 2. The Morgan fingerprint density at radius 3 is 2.73 bits per heavy atom. The standard InChI is InChI=1S/C22H26N2O2/c25-20(22-8-13-5-14(9-22)21(26)15(6-13)10-22)7-18-16-3-1-2-4-17(16)19-11-23-12-24(18)19/h1-4,11-15,18,20-21,25-26H,5-10H2/t13?,14?,15?,18?,20-,21?,22?/m0/s1. The monoisotopic (exact) mass is 350 g/mol. The number of rotatable bonds is 3. The van der Waals surface area contributed by atoms with Crippen LogP contribution in [0.1, 0.15) is 50.1 Å². The molecule has 3 unspecified atom stereocenters. The minimum absolute atomic E-state index is 0.0218. The van der Waals surface area contributed by atoms with E-state index in [1.165, 1.54) is 29.7 Å². The number of nitrogens with zero attached hydrogens (tertiary/aromatic N) is 2. The van der Waals surface area contributed by atoms with Gasteiger partial charge in [-0.25, -0.2) is 4.98 Å². The highest BCUT2D eigenvalue weighted by molar-refractivity contribution is 5.68. The van der Waals surface area contributed by atoms with E-state index in [2.05, 4.69) is 33.8 Å². The van der Waals surface area contributed by atoms with Gasteiger partial charge in [0.25, 0.3) is 0 Å². The minimum atomic E-state index is -0.311. The maximum Gasteiger partial charge on any atom is 0.0956 e. The molecular weight excluding hydrogens is 324 g/mol. The maximum absolute atomic E-state index is 11.4. The van der Waals surface area contributed by atoms with Gasteiger partial charge in [-0.2, -0.15) is 0 Å². The molecule has 2 N–H and O–H groups in total. The highest BCUT2D eigenvalue weighted by Crippen LogP contribution is 2.62. The third kappa shape index (κ3) is 1.95. The third-order valence-electron chi connectivity index (χ3n) is 8.02. The van der Waals surface area contributed by atoms with Crippen LogP contribution in [0, 0.1) is 23.2 Å². The van der Waals surface area contributed by atoms with Gasteiger partial charge >= 0.3 is 0 Å². The van der Waals surface area contributed by atoms with E-state index in [1.807, 2.05) is 12.5 Å². The van der Waals surface area contributed by atoms with Gasteiger partial charge in [0.2, 0.25) is 0 Å². The summed E-state index contributed by atoms with van der Waals surface area (Å²) in [5, 5.41) is 22.0. The van der Waals surface area contributed by atoms with Crippen molar-refractivity contribution in [2.24, 2.45) is 23.2 Å². The van der Waals surface area contributed by atoms with Crippen LogP contribution >= 0.6 is 0 Å². The number of benzene rings is 1. The van der Waals surface area contributed by atoms with Gasteiger partial charge in [0.1, 0.15) is 0 Å². The van der Waals surface area contributed by atoms with Crippen molar-refractivity contribution in [1.82, 2.24) is 9.55 Å². The topological polar surface area (TPSA) is 58.3 Å². The van der Waals surface area contributed by atoms with Crippen molar-refractivity contribution < 1.29 is 10.2 Å². The van der Waals surface area contributed by atoms with Crippen LogP contribution in [-0.2, 0) is 0 Å². The summed E-state index contributed by atoms with van der Waals surface area (Å²) >= 11 is 0. The average molecular weight is 350 g/mol. The van der Waals surface area contributed by atoms with Crippen molar-refractivity contribution in [2.75, 3.05) is 0 Å². The van der Waals surface area contributed by atoms with E-state index < -0.39 is 0 Å². The summed E-state index contributed by atoms with van der Waals surface area (Å²) in [6, 6.07) is 8.71. The van der Waals surface area contributed by atoms with Crippen LogP contribution in [0.25, 0.3) is 11.3 Å². The number of aromatic nitrogens is 2. The second kappa shape index (κ2) is 5.20. The Bertz CT molecular complexity index is 843. The van der Waals surface area contributed by atoms with Crippen molar-refractivity contribution in [3.8, 4) is 11.3 Å². The van der Waals surface area contributed by atoms with Crippen LogP contribution < -0.4 is 0 Å². The molecule has 4 nitrogen and oxygen atoms in total. The number of aliphatic hydroxyl groups is 2. The summed E-state index contributed by atoms with van der Waals surface area (Å²) in [4.78, 5) is 4.35. The van der Waals surface area contributed by atoms with Crippen LogP contribution in [0.5, 0.6) is 0 Å². The van der Waals surface area contributed by atoms with Gasteiger partial charge in [-0.3, -0.25) is 0 Å². The lowest BCUT2D eigenvalue weighted by Crippen LogP contribution is -2.57. The fraction of sp³-hybridized carbons (Fsp3) is 0.591. The smallest absolute Gasteiger partial charge is 0.0956 e. The molecule has 4 atom stereocenters. The fourth-order valence-corrected chi connectivity index (χ4v) is 7.10. The molecule has 4 bridgehead atoms. The zero-order valence-electron chi connectivity index (χ0n) is 15.0. The summed E-state index contributed by atoms with van der Waals surface area (Å²) in [5.41, 5.74) is 3.75. The number of imidazole rings is 1. The van der Waals surface area contributed by atoms with Crippen LogP contribution in [0.4, 0.5) is 0 Å². The molecule has 1 aliphatic heterocycles. The first-order valence-corrected chi connectivity index (χ1v) is 10.1. The predicted octanol–water partition coefficient (Wildman–Crippen LogP) is 3.39. The Morgan fingerprint density at radius 2 is 1.92 bits per heavy atom. The van der Waals surface area contributed by atoms with Crippen molar-refractivity contribution in [3.63, 3.8) is 0 Å². The van der Waals surface area contributed by atoms with Crippen molar-refractivity contribution in [1.29, 1.82) is 0 Å². The Kier molecular flexibility index (Phi) is 3.08. The van der Waals surface area contributed by atoms with Gasteiger partial charge in [-0.1, -0.05) is 24.3 Å². The first-order valence-electron chi connectivity index (χ1n) is 10.1. The Labute approximate surface area is 153 Å². The number of hydrogen-bond acceptors (Lipinski definition) is 3. The molecular formula is C22H26N2O2. The molecule has 0 radical (unpaired) electrons. The SMILES string of the molecule is OC1C2CC3CC1CC([C@@H](O)CC1c4ccccc4-c4cncn41)(C3)C2. The lowest BCUT2D eigenvalue weighted by molar-refractivity contribution is -0.173. The molecule has 1 aromatic heterocycles. The van der Waals surface area contributed by atoms with Gasteiger partial charge in [-0.05, 0) is 67.3 Å². The van der Waals surface area contributed by atoms with E-state index in [0.29, 0.717) is 17.8 Å². The van der Waals surface area contributed by atoms with E-state index in [-0.39, 0.29) is 23.7 Å². The minimum Gasteiger partial charge on any atom is -0.393 e. The Hall–Kier alpha value is -1.65. The fourth-order valence-electron chi connectivity index (χ4n) is 7.10. The largest absolute Gasteiger partial charge is 0.393 e. The van der Waals surface area contributed by atoms with Crippen LogP contribution in [0.15, 0.2) is 36.8 Å². The van der Waals surface area contributed by atoms with E-state index in [0.717, 1.165) is 25.7 Å². The molecule has 4 saturated carbocycles. The summed E-state index contributed by atoms with van der Waals surface area (Å²) < 4.78 is 2.24. The highest BCUT2D eigenvalue weighted by atomic mass is 16.3. The quantitative estimate of drug-likeness (QED) is 0.892. The van der Waals surface area contributed by atoms with Crippen LogP contribution in [0.3, 0.4) is 0 Å². The van der Waals surface area contributed by atoms with Crippen molar-refractivity contribution in [3.05, 3.63) is 42.4 Å². The predicted molar refractivity (Wildman–Crippen MR) is 98.4 cm³/mol. The van der Waals surface area contributed by atoms with Crippen molar-refractivity contribution in [2.45, 2.75) is 56.8 Å². The van der Waals surface area contributed by atoms with E-state index in [1.54, 1.807) is 0 Å². The molecule has 2 aromatic rings. The lowest BCUT2D eigenvalue weighted by atomic mass is 9.47. The molecule has 4 heteroatoms. The van der Waals surface area contributed by atoms with Gasteiger partial charge < -0.3 is 14.8 Å². The first kappa shape index (κ1) is 15.4. The third-order valence-corrected chi connectivity index (χ3v) is 8.02. The molecule has 1 aromatic carbocycles. The normalized spacial score (nSPS) is 40.5. The molecule has 0 saturated heterocycles. The number of aliphatic hydroxyl groups excluding tert-OH is 2. The highest BCUT2D eigenvalue weighted by Gasteiger charge is 2.57. The second-order valence-electron chi connectivity index (χ2n) is 9.36. The van der Waals surface area contributed by atoms with E-state index in [4.69, 9.17) is 0 Å². The van der Waals surface area contributed by atoms with Crippen LogP contribution in [-0.4, -0.2) is 32.0 Å². The Morgan fingerprint density at radius 1 is 1.15 bits per heavy atom. The lowest BCUT2D eigenvalue weighted by Gasteiger charge is -2.60. The molecule has 4 aliphatic carbocycles.